The summed E-state index contributed by atoms with van der Waals surface area (Å²) >= 11 is 3.48. The first-order chi connectivity index (χ1) is 12.9. The maximum atomic E-state index is 13.2. The highest BCUT2D eigenvalue weighted by atomic mass is 79.9. The summed E-state index contributed by atoms with van der Waals surface area (Å²) in [6, 6.07) is 13.3. The molecule has 0 fully saturated rings. The molecule has 27 heavy (non-hydrogen) atoms. The van der Waals surface area contributed by atoms with Crippen molar-refractivity contribution in [2.24, 2.45) is 0 Å². The monoisotopic (exact) mass is 447 g/mol. The Kier molecular flexibility index (Phi) is 5.86. The molecule has 0 aliphatic carbocycles. The fraction of sp³-hybridized carbons (Fsp3) is 0.286. The molecule has 0 bridgehead atoms. The Morgan fingerprint density at radius 3 is 2.44 bits per heavy atom. The number of hydrogen-bond donors (Lipinski definition) is 0. The van der Waals surface area contributed by atoms with Gasteiger partial charge in [-0.05, 0) is 43.0 Å². The third-order valence-corrected chi connectivity index (χ3v) is 7.11. The number of nitrogens with zero attached hydrogens (tertiary/aromatic N) is 1. The van der Waals surface area contributed by atoms with Crippen molar-refractivity contribution in [3.05, 3.63) is 70.6 Å². The molecule has 2 aromatic carbocycles. The normalized spacial score (nSPS) is 11.7. The van der Waals surface area contributed by atoms with Crippen LogP contribution in [0.15, 0.2) is 51.9 Å². The van der Waals surface area contributed by atoms with E-state index in [-0.39, 0.29) is 5.75 Å². The van der Waals surface area contributed by atoms with Crippen molar-refractivity contribution in [2.45, 2.75) is 43.2 Å². The number of alkyl halides is 1. The molecule has 0 atom stereocenters. The Bertz CT molecular complexity index is 1070. The Morgan fingerprint density at radius 2 is 1.81 bits per heavy atom. The van der Waals surface area contributed by atoms with Crippen LogP contribution < -0.4 is 0 Å². The van der Waals surface area contributed by atoms with E-state index in [1.807, 2.05) is 38.1 Å². The Morgan fingerprint density at radius 1 is 1.07 bits per heavy atom. The predicted molar refractivity (Wildman–Crippen MR) is 111 cm³/mol. The smallest absolute Gasteiger partial charge is 0.186 e. The standard InChI is InChI=1S/C21H22BrNO3S/c1-4-17-11-16(12-22)9-10-18(17)19-7-5-6-8-21(19)27(24,25)13-20-14(2)15(3)23-26-20/h5-11H,4,12-13H2,1-3H3. The molecule has 0 unspecified atom stereocenters. The van der Waals surface area contributed by atoms with Crippen LogP contribution in [0.4, 0.5) is 0 Å². The molecule has 3 aromatic rings. The molecule has 0 aliphatic heterocycles. The van der Waals surface area contributed by atoms with Crippen molar-refractivity contribution in [1.29, 1.82) is 0 Å². The fourth-order valence-electron chi connectivity index (χ4n) is 3.09. The lowest BCUT2D eigenvalue weighted by Gasteiger charge is -2.14. The number of sulfone groups is 1. The van der Waals surface area contributed by atoms with E-state index in [4.69, 9.17) is 4.52 Å². The van der Waals surface area contributed by atoms with Crippen LogP contribution in [-0.2, 0) is 27.3 Å². The van der Waals surface area contributed by atoms with Crippen molar-refractivity contribution in [2.75, 3.05) is 0 Å². The van der Waals surface area contributed by atoms with E-state index in [1.54, 1.807) is 12.1 Å². The van der Waals surface area contributed by atoms with E-state index >= 15 is 0 Å². The Hall–Kier alpha value is -1.92. The number of halogens is 1. The molecule has 0 radical (unpaired) electrons. The van der Waals surface area contributed by atoms with E-state index in [2.05, 4.69) is 34.1 Å². The molecular formula is C21H22BrNO3S. The maximum Gasteiger partial charge on any atom is 0.186 e. The van der Waals surface area contributed by atoms with Crippen LogP contribution in [-0.4, -0.2) is 13.6 Å². The minimum Gasteiger partial charge on any atom is -0.360 e. The lowest BCUT2D eigenvalue weighted by Crippen LogP contribution is -2.07. The van der Waals surface area contributed by atoms with Gasteiger partial charge in [0.1, 0.15) is 5.75 Å². The molecule has 0 saturated carbocycles. The van der Waals surface area contributed by atoms with Gasteiger partial charge < -0.3 is 4.52 Å². The van der Waals surface area contributed by atoms with E-state index in [9.17, 15) is 8.42 Å². The van der Waals surface area contributed by atoms with Crippen molar-refractivity contribution in [1.82, 2.24) is 5.16 Å². The number of aryl methyl sites for hydroxylation is 2. The van der Waals surface area contributed by atoms with Crippen molar-refractivity contribution in [3.63, 3.8) is 0 Å². The van der Waals surface area contributed by atoms with E-state index in [0.29, 0.717) is 16.3 Å². The van der Waals surface area contributed by atoms with Gasteiger partial charge in [0, 0.05) is 16.5 Å². The van der Waals surface area contributed by atoms with Crippen molar-refractivity contribution in [3.8, 4) is 11.1 Å². The minimum absolute atomic E-state index is 0.197. The SMILES string of the molecule is CCc1cc(CBr)ccc1-c1ccccc1S(=O)(=O)Cc1onc(C)c1C. The van der Waals surface area contributed by atoms with E-state index < -0.39 is 9.84 Å². The van der Waals surface area contributed by atoms with Crippen LogP contribution in [0, 0.1) is 13.8 Å². The molecule has 142 valence electrons. The number of benzene rings is 2. The van der Waals surface area contributed by atoms with Gasteiger partial charge in [0.2, 0.25) is 0 Å². The summed E-state index contributed by atoms with van der Waals surface area (Å²) in [4.78, 5) is 0.319. The zero-order valence-electron chi connectivity index (χ0n) is 15.6. The van der Waals surface area contributed by atoms with Gasteiger partial charge >= 0.3 is 0 Å². The van der Waals surface area contributed by atoms with Gasteiger partial charge in [0.15, 0.2) is 15.6 Å². The van der Waals surface area contributed by atoms with Gasteiger partial charge in [-0.25, -0.2) is 8.42 Å². The quantitative estimate of drug-likeness (QED) is 0.475. The second-order valence-electron chi connectivity index (χ2n) is 6.55. The van der Waals surface area contributed by atoms with Gasteiger partial charge in [-0.3, -0.25) is 0 Å². The highest BCUT2D eigenvalue weighted by Crippen LogP contribution is 2.33. The number of rotatable bonds is 6. The first-order valence-electron chi connectivity index (χ1n) is 8.79. The number of hydrogen-bond acceptors (Lipinski definition) is 4. The van der Waals surface area contributed by atoms with Crippen molar-refractivity contribution < 1.29 is 12.9 Å². The van der Waals surface area contributed by atoms with Gasteiger partial charge in [-0.2, -0.15) is 0 Å². The zero-order chi connectivity index (χ0) is 19.6. The largest absolute Gasteiger partial charge is 0.360 e. The Labute approximate surface area is 168 Å². The third kappa shape index (κ3) is 4.01. The molecule has 3 rings (SSSR count). The molecular weight excluding hydrogens is 426 g/mol. The second kappa shape index (κ2) is 7.98. The minimum atomic E-state index is -3.58. The molecule has 0 spiro atoms. The molecule has 0 aliphatic rings. The summed E-state index contributed by atoms with van der Waals surface area (Å²) in [6.45, 7) is 5.72. The summed E-state index contributed by atoms with van der Waals surface area (Å²) in [7, 11) is -3.58. The van der Waals surface area contributed by atoms with Crippen LogP contribution in [0.5, 0.6) is 0 Å². The summed E-state index contributed by atoms with van der Waals surface area (Å²) in [5, 5.41) is 4.65. The third-order valence-electron chi connectivity index (χ3n) is 4.79. The van der Waals surface area contributed by atoms with Gasteiger partial charge in [-0.1, -0.05) is 64.4 Å². The average Bonchev–Trinajstić information content (AvgIpc) is 2.99. The molecule has 6 heteroatoms. The summed E-state index contributed by atoms with van der Waals surface area (Å²) < 4.78 is 31.6. The summed E-state index contributed by atoms with van der Waals surface area (Å²) in [5.74, 6) is 0.199. The van der Waals surface area contributed by atoms with Crippen LogP contribution >= 0.6 is 15.9 Å². The predicted octanol–water partition coefficient (Wildman–Crippen LogP) is 5.39. The fourth-order valence-corrected chi connectivity index (χ4v) is 5.01. The molecule has 0 amide bonds. The van der Waals surface area contributed by atoms with Crippen LogP contribution in [0.2, 0.25) is 0 Å². The second-order valence-corrected chi connectivity index (χ2v) is 9.07. The van der Waals surface area contributed by atoms with Crippen molar-refractivity contribution >= 4 is 25.8 Å². The number of aromatic nitrogens is 1. The Balaban J connectivity index is 2.10. The van der Waals surface area contributed by atoms with Gasteiger partial charge in [0.05, 0.1) is 10.6 Å². The van der Waals surface area contributed by atoms with E-state index in [0.717, 1.165) is 34.0 Å². The van der Waals surface area contributed by atoms with E-state index in [1.165, 1.54) is 5.56 Å². The molecule has 1 aromatic heterocycles. The van der Waals surface area contributed by atoms with Crippen LogP contribution in [0.1, 0.15) is 35.1 Å². The van der Waals surface area contributed by atoms with Gasteiger partial charge in [-0.15, -0.1) is 0 Å². The zero-order valence-corrected chi connectivity index (χ0v) is 18.0. The first-order valence-corrected chi connectivity index (χ1v) is 11.6. The first kappa shape index (κ1) is 19.8. The van der Waals surface area contributed by atoms with Crippen LogP contribution in [0.25, 0.3) is 11.1 Å². The molecule has 4 nitrogen and oxygen atoms in total. The average molecular weight is 448 g/mol. The summed E-state index contributed by atoms with van der Waals surface area (Å²) in [5.41, 5.74) is 5.47. The maximum absolute atomic E-state index is 13.2. The summed E-state index contributed by atoms with van der Waals surface area (Å²) in [6.07, 6.45) is 0.824. The highest BCUT2D eigenvalue weighted by Gasteiger charge is 2.24. The molecule has 1 heterocycles. The van der Waals surface area contributed by atoms with Gasteiger partial charge in [0.25, 0.3) is 0 Å². The molecule has 0 saturated heterocycles. The molecule has 0 N–H and O–H groups in total. The highest BCUT2D eigenvalue weighted by molar-refractivity contribution is 9.08. The van der Waals surface area contributed by atoms with Crippen LogP contribution in [0.3, 0.4) is 0 Å². The lowest BCUT2D eigenvalue weighted by atomic mass is 9.96. The topological polar surface area (TPSA) is 60.2 Å². The lowest BCUT2D eigenvalue weighted by molar-refractivity contribution is 0.388.